The second-order valence-electron chi connectivity index (χ2n) is 5.59. The van der Waals surface area contributed by atoms with E-state index in [0.717, 1.165) is 25.7 Å². The summed E-state index contributed by atoms with van der Waals surface area (Å²) in [5.74, 6) is 0.202. The zero-order valence-electron chi connectivity index (χ0n) is 13.7. The minimum atomic E-state index is -3.55. The van der Waals surface area contributed by atoms with Gasteiger partial charge in [-0.25, -0.2) is 8.42 Å². The van der Waals surface area contributed by atoms with Crippen LogP contribution in [0, 0.1) is 0 Å². The van der Waals surface area contributed by atoms with Crippen molar-refractivity contribution in [2.75, 3.05) is 25.0 Å². The zero-order valence-corrected chi connectivity index (χ0v) is 14.5. The summed E-state index contributed by atoms with van der Waals surface area (Å²) in [6, 6.07) is 4.61. The molecule has 1 amide bonds. The lowest BCUT2D eigenvalue weighted by atomic mass is 10.2. The minimum Gasteiger partial charge on any atom is -0.492 e. The Hall–Kier alpha value is -1.60. The van der Waals surface area contributed by atoms with Crippen LogP contribution in [0.5, 0.6) is 5.75 Å². The molecular formula is C16H24N2O4S. The lowest BCUT2D eigenvalue weighted by Gasteiger charge is -2.21. The summed E-state index contributed by atoms with van der Waals surface area (Å²) < 4.78 is 32.6. The molecule has 0 aliphatic carbocycles. The van der Waals surface area contributed by atoms with Gasteiger partial charge in [-0.3, -0.25) is 4.79 Å². The van der Waals surface area contributed by atoms with Crippen LogP contribution in [0.4, 0.5) is 5.69 Å². The van der Waals surface area contributed by atoms with Crippen molar-refractivity contribution in [1.82, 2.24) is 4.31 Å². The molecule has 1 fully saturated rings. The van der Waals surface area contributed by atoms with Crippen LogP contribution in [0.25, 0.3) is 0 Å². The van der Waals surface area contributed by atoms with Crippen LogP contribution in [0.1, 0.15) is 39.5 Å². The highest BCUT2D eigenvalue weighted by Crippen LogP contribution is 2.30. The van der Waals surface area contributed by atoms with E-state index in [1.807, 2.05) is 6.92 Å². The number of nitrogens with one attached hydrogen (secondary N) is 1. The van der Waals surface area contributed by atoms with Crippen LogP contribution in [-0.2, 0) is 14.8 Å². The van der Waals surface area contributed by atoms with E-state index in [9.17, 15) is 13.2 Å². The fourth-order valence-corrected chi connectivity index (χ4v) is 4.21. The van der Waals surface area contributed by atoms with Crippen LogP contribution in [0.2, 0.25) is 0 Å². The summed E-state index contributed by atoms with van der Waals surface area (Å²) in [6.45, 7) is 4.74. The highest BCUT2D eigenvalue weighted by molar-refractivity contribution is 7.89. The third-order valence-corrected chi connectivity index (χ3v) is 5.66. The minimum absolute atomic E-state index is 0.187. The molecule has 1 aromatic carbocycles. The van der Waals surface area contributed by atoms with Gasteiger partial charge in [0.25, 0.3) is 0 Å². The number of rotatable bonds is 5. The number of hydrogen-bond donors (Lipinski definition) is 1. The molecule has 2 rings (SSSR count). The van der Waals surface area contributed by atoms with E-state index >= 15 is 0 Å². The smallest absolute Gasteiger partial charge is 0.243 e. The SMILES string of the molecule is CCOc1ccc(S(=O)(=O)N2CCCCCC2)cc1NC(C)=O. The third-order valence-electron chi connectivity index (χ3n) is 3.76. The van der Waals surface area contributed by atoms with Crippen molar-refractivity contribution in [2.24, 2.45) is 0 Å². The van der Waals surface area contributed by atoms with Crippen molar-refractivity contribution >= 4 is 21.6 Å². The molecule has 128 valence electrons. The summed E-state index contributed by atoms with van der Waals surface area (Å²) in [4.78, 5) is 11.5. The molecule has 0 saturated carbocycles. The molecule has 0 unspecified atom stereocenters. The van der Waals surface area contributed by atoms with Gasteiger partial charge in [0.2, 0.25) is 15.9 Å². The normalized spacial score (nSPS) is 16.6. The maximum absolute atomic E-state index is 12.8. The molecule has 0 atom stereocenters. The maximum Gasteiger partial charge on any atom is 0.243 e. The highest BCUT2D eigenvalue weighted by atomic mass is 32.2. The van der Waals surface area contributed by atoms with Crippen molar-refractivity contribution in [3.05, 3.63) is 18.2 Å². The Bertz CT molecular complexity index is 650. The van der Waals surface area contributed by atoms with E-state index in [1.165, 1.54) is 23.4 Å². The van der Waals surface area contributed by atoms with Crippen LogP contribution in [0.15, 0.2) is 23.1 Å². The molecule has 7 heteroatoms. The quantitative estimate of drug-likeness (QED) is 0.894. The molecule has 23 heavy (non-hydrogen) atoms. The molecule has 1 saturated heterocycles. The van der Waals surface area contributed by atoms with E-state index in [4.69, 9.17) is 4.74 Å². The average Bonchev–Trinajstić information content (AvgIpc) is 2.78. The Labute approximate surface area is 137 Å². The van der Waals surface area contributed by atoms with Gasteiger partial charge in [0.1, 0.15) is 5.75 Å². The summed E-state index contributed by atoms with van der Waals surface area (Å²) in [6.07, 6.45) is 3.89. The number of carbonyl (C=O) groups is 1. The summed E-state index contributed by atoms with van der Waals surface area (Å²) >= 11 is 0. The molecule has 0 radical (unpaired) electrons. The molecular weight excluding hydrogens is 316 g/mol. The largest absolute Gasteiger partial charge is 0.492 e. The van der Waals surface area contributed by atoms with Crippen LogP contribution < -0.4 is 10.1 Å². The van der Waals surface area contributed by atoms with Crippen molar-refractivity contribution in [1.29, 1.82) is 0 Å². The van der Waals surface area contributed by atoms with E-state index < -0.39 is 10.0 Å². The predicted octanol–water partition coefficient (Wildman–Crippen LogP) is 2.61. The molecule has 6 nitrogen and oxygen atoms in total. The van der Waals surface area contributed by atoms with Crippen molar-refractivity contribution < 1.29 is 17.9 Å². The topological polar surface area (TPSA) is 75.7 Å². The summed E-state index contributed by atoms with van der Waals surface area (Å²) in [5, 5.41) is 2.64. The number of hydrogen-bond acceptors (Lipinski definition) is 4. The fourth-order valence-electron chi connectivity index (χ4n) is 2.67. The van der Waals surface area contributed by atoms with Crippen LogP contribution >= 0.6 is 0 Å². The Morgan fingerprint density at radius 1 is 1.22 bits per heavy atom. The van der Waals surface area contributed by atoms with Gasteiger partial charge in [-0.2, -0.15) is 4.31 Å². The zero-order chi connectivity index (χ0) is 16.9. The van der Waals surface area contributed by atoms with E-state index in [0.29, 0.717) is 31.1 Å². The van der Waals surface area contributed by atoms with Crippen molar-refractivity contribution in [3.8, 4) is 5.75 Å². The highest BCUT2D eigenvalue weighted by Gasteiger charge is 2.26. The van der Waals surface area contributed by atoms with E-state index in [1.54, 1.807) is 6.07 Å². The van der Waals surface area contributed by atoms with Crippen molar-refractivity contribution in [3.63, 3.8) is 0 Å². The first-order chi connectivity index (χ1) is 10.9. The van der Waals surface area contributed by atoms with Gasteiger partial charge in [-0.1, -0.05) is 12.8 Å². The van der Waals surface area contributed by atoms with Gasteiger partial charge in [0.15, 0.2) is 0 Å². The lowest BCUT2D eigenvalue weighted by Crippen LogP contribution is -2.32. The summed E-state index contributed by atoms with van der Waals surface area (Å²) in [5.41, 5.74) is 0.384. The molecule has 0 spiro atoms. The monoisotopic (exact) mass is 340 g/mol. The van der Waals surface area contributed by atoms with E-state index in [2.05, 4.69) is 5.32 Å². The molecule has 0 aromatic heterocycles. The Kier molecular flexibility index (Phi) is 6.01. The number of anilines is 1. The molecule has 1 aliphatic rings. The molecule has 1 aliphatic heterocycles. The molecule has 1 aromatic rings. The maximum atomic E-state index is 12.8. The fraction of sp³-hybridized carbons (Fsp3) is 0.562. The lowest BCUT2D eigenvalue weighted by molar-refractivity contribution is -0.114. The van der Waals surface area contributed by atoms with Crippen LogP contribution in [0.3, 0.4) is 0 Å². The first-order valence-electron chi connectivity index (χ1n) is 7.99. The number of amides is 1. The van der Waals surface area contributed by atoms with Crippen molar-refractivity contribution in [2.45, 2.75) is 44.4 Å². The molecule has 0 bridgehead atoms. The average molecular weight is 340 g/mol. The number of nitrogens with zero attached hydrogens (tertiary/aromatic N) is 1. The number of sulfonamides is 1. The van der Waals surface area contributed by atoms with Gasteiger partial charge in [0, 0.05) is 20.0 Å². The van der Waals surface area contributed by atoms with Gasteiger partial charge in [-0.05, 0) is 38.0 Å². The number of benzene rings is 1. The second kappa shape index (κ2) is 7.79. The standard InChI is InChI=1S/C16H24N2O4S/c1-3-22-16-9-8-14(12-15(16)17-13(2)19)23(20,21)18-10-6-4-5-7-11-18/h8-9,12H,3-7,10-11H2,1-2H3,(H,17,19). The first-order valence-corrected chi connectivity index (χ1v) is 9.43. The molecule has 1 heterocycles. The first kappa shape index (κ1) is 17.7. The Morgan fingerprint density at radius 2 is 1.87 bits per heavy atom. The number of ether oxygens (including phenoxy) is 1. The third kappa shape index (κ3) is 4.45. The van der Waals surface area contributed by atoms with Crippen LogP contribution in [-0.4, -0.2) is 38.3 Å². The summed E-state index contributed by atoms with van der Waals surface area (Å²) in [7, 11) is -3.55. The predicted molar refractivity (Wildman–Crippen MR) is 89.1 cm³/mol. The molecule has 1 N–H and O–H groups in total. The van der Waals surface area contributed by atoms with E-state index in [-0.39, 0.29) is 10.8 Å². The van der Waals surface area contributed by atoms with Gasteiger partial charge < -0.3 is 10.1 Å². The Balaban J connectivity index is 2.35. The Morgan fingerprint density at radius 3 is 2.43 bits per heavy atom. The second-order valence-corrected chi connectivity index (χ2v) is 7.53. The van der Waals surface area contributed by atoms with Gasteiger partial charge in [-0.15, -0.1) is 0 Å². The van der Waals surface area contributed by atoms with Gasteiger partial charge >= 0.3 is 0 Å². The number of carbonyl (C=O) groups excluding carboxylic acids is 1. The van der Waals surface area contributed by atoms with Gasteiger partial charge in [0.05, 0.1) is 17.2 Å².